The topological polar surface area (TPSA) is 107 Å². The van der Waals surface area contributed by atoms with E-state index in [0.29, 0.717) is 0 Å². The molecule has 138 valence electrons. The number of hydrogen-bond donors (Lipinski definition) is 0. The fraction of sp³-hybridized carbons (Fsp3) is 0.438. The van der Waals surface area contributed by atoms with Crippen molar-refractivity contribution >= 4 is 21.7 Å². The second-order valence-corrected chi connectivity index (χ2v) is 7.62. The molecule has 0 saturated carbocycles. The molecule has 8 nitrogen and oxygen atoms in total. The average Bonchev–Trinajstić information content (AvgIpc) is 2.56. The van der Waals surface area contributed by atoms with Gasteiger partial charge in [0.25, 0.3) is 15.7 Å². The van der Waals surface area contributed by atoms with Gasteiger partial charge in [-0.3, -0.25) is 14.9 Å². The molecule has 0 aliphatic heterocycles. The van der Waals surface area contributed by atoms with Gasteiger partial charge in [0.05, 0.1) is 12.0 Å². The third kappa shape index (κ3) is 4.86. The summed E-state index contributed by atoms with van der Waals surface area (Å²) in [6.07, 6.45) is 1.53. The standard InChI is InChI=1S/C16H22N2O6S/c1-5-10-17(14(11-12(2)3)16(19)24-4)25(22,23)15-9-7-6-8-13(15)18(20)21/h5-9,12,14H,1,10-11H2,2-4H3. The summed E-state index contributed by atoms with van der Waals surface area (Å²) in [5.41, 5.74) is -0.551. The summed E-state index contributed by atoms with van der Waals surface area (Å²) < 4.78 is 31.7. The Hall–Kier alpha value is -2.26. The lowest BCUT2D eigenvalue weighted by atomic mass is 10.0. The first kappa shape index (κ1) is 20.8. The molecule has 0 aliphatic rings. The van der Waals surface area contributed by atoms with E-state index in [0.717, 1.165) is 16.4 Å². The third-order valence-electron chi connectivity index (χ3n) is 3.47. The van der Waals surface area contributed by atoms with E-state index in [-0.39, 0.29) is 18.9 Å². The molecule has 1 unspecified atom stereocenters. The molecule has 0 aliphatic carbocycles. The Labute approximate surface area is 147 Å². The van der Waals surface area contributed by atoms with Crippen molar-refractivity contribution in [3.63, 3.8) is 0 Å². The van der Waals surface area contributed by atoms with Crippen LogP contribution in [0.2, 0.25) is 0 Å². The van der Waals surface area contributed by atoms with Crippen LogP contribution in [0.4, 0.5) is 5.69 Å². The highest BCUT2D eigenvalue weighted by Gasteiger charge is 2.39. The Morgan fingerprint density at radius 1 is 1.40 bits per heavy atom. The second-order valence-electron chi connectivity index (χ2n) is 5.76. The first-order valence-electron chi connectivity index (χ1n) is 7.60. The zero-order valence-electron chi connectivity index (χ0n) is 14.4. The molecule has 0 heterocycles. The van der Waals surface area contributed by atoms with Crippen LogP contribution in [0.1, 0.15) is 20.3 Å². The van der Waals surface area contributed by atoms with Gasteiger partial charge >= 0.3 is 5.97 Å². The Morgan fingerprint density at radius 2 is 2.00 bits per heavy atom. The summed E-state index contributed by atoms with van der Waals surface area (Å²) >= 11 is 0. The van der Waals surface area contributed by atoms with Gasteiger partial charge in [-0.1, -0.05) is 32.1 Å². The number of esters is 1. The summed E-state index contributed by atoms with van der Waals surface area (Å²) in [5.74, 6) is -0.727. The van der Waals surface area contributed by atoms with Crippen molar-refractivity contribution in [2.45, 2.75) is 31.2 Å². The SMILES string of the molecule is C=CCN(C(CC(C)C)C(=O)OC)S(=O)(=O)c1ccccc1[N+](=O)[O-]. The van der Waals surface area contributed by atoms with Gasteiger partial charge < -0.3 is 4.74 Å². The van der Waals surface area contributed by atoms with E-state index in [1.165, 1.54) is 25.3 Å². The van der Waals surface area contributed by atoms with Crippen LogP contribution in [-0.2, 0) is 19.6 Å². The average molecular weight is 370 g/mol. The van der Waals surface area contributed by atoms with Crippen molar-refractivity contribution in [2.75, 3.05) is 13.7 Å². The molecule has 1 aromatic carbocycles. The monoisotopic (exact) mass is 370 g/mol. The maximum atomic E-state index is 13.1. The molecular weight excluding hydrogens is 348 g/mol. The number of nitro groups is 1. The highest BCUT2D eigenvalue weighted by Crippen LogP contribution is 2.29. The zero-order chi connectivity index (χ0) is 19.2. The van der Waals surface area contributed by atoms with E-state index in [1.54, 1.807) is 0 Å². The van der Waals surface area contributed by atoms with Crippen LogP contribution in [-0.4, -0.2) is 43.3 Å². The predicted octanol–water partition coefficient (Wildman–Crippen LogP) is 2.36. The smallest absolute Gasteiger partial charge is 0.324 e. The number of nitro benzene ring substituents is 1. The molecule has 0 fully saturated rings. The minimum atomic E-state index is -4.32. The van der Waals surface area contributed by atoms with Gasteiger partial charge in [-0.2, -0.15) is 4.31 Å². The number of nitrogens with zero attached hydrogens (tertiary/aromatic N) is 2. The molecule has 1 aromatic rings. The van der Waals surface area contributed by atoms with Crippen LogP contribution >= 0.6 is 0 Å². The number of ether oxygens (including phenoxy) is 1. The molecule has 1 rings (SSSR count). The normalized spacial score (nSPS) is 12.8. The molecule has 0 radical (unpaired) electrons. The summed E-state index contributed by atoms with van der Waals surface area (Å²) in [5, 5.41) is 11.2. The Morgan fingerprint density at radius 3 is 2.48 bits per heavy atom. The summed E-state index contributed by atoms with van der Waals surface area (Å²) in [6, 6.07) is 3.91. The number of para-hydroxylation sites is 1. The lowest BCUT2D eigenvalue weighted by Crippen LogP contribution is -2.46. The van der Waals surface area contributed by atoms with Crippen molar-refractivity contribution in [2.24, 2.45) is 5.92 Å². The largest absolute Gasteiger partial charge is 0.468 e. The minimum absolute atomic E-state index is 0.00243. The summed E-state index contributed by atoms with van der Waals surface area (Å²) in [4.78, 5) is 22.1. The Balaban J connectivity index is 3.52. The Bertz CT molecular complexity index is 745. The molecule has 0 spiro atoms. The van der Waals surface area contributed by atoms with Gasteiger partial charge in [0.15, 0.2) is 4.90 Å². The highest BCUT2D eigenvalue weighted by atomic mass is 32.2. The second kappa shape index (κ2) is 8.72. The number of benzene rings is 1. The molecule has 1 atom stereocenters. The van der Waals surface area contributed by atoms with Gasteiger partial charge in [-0.25, -0.2) is 8.42 Å². The van der Waals surface area contributed by atoms with Crippen molar-refractivity contribution in [3.05, 3.63) is 47.0 Å². The molecule has 0 saturated heterocycles. The van der Waals surface area contributed by atoms with Gasteiger partial charge in [-0.05, 0) is 18.4 Å². The van der Waals surface area contributed by atoms with Gasteiger partial charge in [0.1, 0.15) is 6.04 Å². The fourth-order valence-corrected chi connectivity index (χ4v) is 4.11. The van der Waals surface area contributed by atoms with E-state index in [9.17, 15) is 23.3 Å². The molecule has 0 aromatic heterocycles. The van der Waals surface area contributed by atoms with E-state index in [1.807, 2.05) is 13.8 Å². The molecule has 0 N–H and O–H groups in total. The van der Waals surface area contributed by atoms with Crippen molar-refractivity contribution < 1.29 is 22.9 Å². The van der Waals surface area contributed by atoms with Gasteiger partial charge in [0.2, 0.25) is 0 Å². The molecule has 0 bridgehead atoms. The van der Waals surface area contributed by atoms with E-state index in [2.05, 4.69) is 6.58 Å². The maximum Gasteiger partial charge on any atom is 0.324 e. The number of methoxy groups -OCH3 is 1. The number of hydrogen-bond acceptors (Lipinski definition) is 6. The van der Waals surface area contributed by atoms with E-state index >= 15 is 0 Å². The highest BCUT2D eigenvalue weighted by molar-refractivity contribution is 7.89. The van der Waals surface area contributed by atoms with Gasteiger partial charge in [0, 0.05) is 12.6 Å². The zero-order valence-corrected chi connectivity index (χ0v) is 15.2. The number of carbonyl (C=O) groups excluding carboxylic acids is 1. The molecular formula is C16H22N2O6S. The lowest BCUT2D eigenvalue weighted by Gasteiger charge is -2.29. The summed E-state index contributed by atoms with van der Waals surface area (Å²) in [6.45, 7) is 7.01. The summed E-state index contributed by atoms with van der Waals surface area (Å²) in [7, 11) is -3.15. The van der Waals surface area contributed by atoms with Crippen LogP contribution in [0.25, 0.3) is 0 Å². The van der Waals surface area contributed by atoms with Crippen LogP contribution in [0.5, 0.6) is 0 Å². The van der Waals surface area contributed by atoms with Crippen LogP contribution in [0.3, 0.4) is 0 Å². The number of sulfonamides is 1. The van der Waals surface area contributed by atoms with E-state index < -0.39 is 37.5 Å². The Kier molecular flexibility index (Phi) is 7.25. The number of carbonyl (C=O) groups is 1. The lowest BCUT2D eigenvalue weighted by molar-refractivity contribution is -0.387. The van der Waals surface area contributed by atoms with Crippen LogP contribution in [0.15, 0.2) is 41.8 Å². The van der Waals surface area contributed by atoms with Crippen molar-refractivity contribution in [1.29, 1.82) is 0 Å². The maximum absolute atomic E-state index is 13.1. The predicted molar refractivity (Wildman–Crippen MR) is 92.4 cm³/mol. The molecule has 9 heteroatoms. The number of rotatable bonds is 9. The quantitative estimate of drug-likeness (QED) is 0.286. The van der Waals surface area contributed by atoms with Crippen LogP contribution in [0, 0.1) is 16.0 Å². The van der Waals surface area contributed by atoms with Crippen molar-refractivity contribution in [3.8, 4) is 0 Å². The van der Waals surface area contributed by atoms with Crippen molar-refractivity contribution in [1.82, 2.24) is 4.31 Å². The third-order valence-corrected chi connectivity index (χ3v) is 5.40. The van der Waals surface area contributed by atoms with E-state index in [4.69, 9.17) is 4.74 Å². The van der Waals surface area contributed by atoms with Gasteiger partial charge in [-0.15, -0.1) is 6.58 Å². The first-order valence-corrected chi connectivity index (χ1v) is 9.04. The van der Waals surface area contributed by atoms with Crippen LogP contribution < -0.4 is 0 Å². The minimum Gasteiger partial charge on any atom is -0.468 e. The first-order chi connectivity index (χ1) is 11.7. The molecule has 0 amide bonds. The molecule has 25 heavy (non-hydrogen) atoms. The fourth-order valence-electron chi connectivity index (χ4n) is 2.39.